The molecular weight excluding hydrogens is 930 g/mol. The Hall–Kier alpha value is -3.07. The van der Waals surface area contributed by atoms with E-state index in [1.54, 1.807) is 0 Å². The minimum atomic E-state index is -4.40. The highest BCUT2D eigenvalue weighted by Crippen LogP contribution is 2.43. The summed E-state index contributed by atoms with van der Waals surface area (Å²) in [7, 11) is -4.40. The molecule has 10 heteroatoms. The predicted molar refractivity (Wildman–Crippen MR) is 312 cm³/mol. The molecule has 2 atom stereocenters. The van der Waals surface area contributed by atoms with Crippen LogP contribution in [0.1, 0.15) is 258 Å². The fourth-order valence-electron chi connectivity index (χ4n) is 8.08. The molecule has 3 N–H and O–H groups in total. The van der Waals surface area contributed by atoms with Gasteiger partial charge in [0.1, 0.15) is 6.61 Å². The first kappa shape index (κ1) is 69.9. The lowest BCUT2D eigenvalue weighted by Gasteiger charge is -2.19. The van der Waals surface area contributed by atoms with Crippen LogP contribution in [0.3, 0.4) is 0 Å². The van der Waals surface area contributed by atoms with Crippen molar-refractivity contribution in [3.63, 3.8) is 0 Å². The molecule has 420 valence electrons. The molecule has 0 saturated heterocycles. The summed E-state index contributed by atoms with van der Waals surface area (Å²) < 4.78 is 33.0. The number of carbonyl (C=O) groups excluding carboxylic acids is 2. The lowest BCUT2D eigenvalue weighted by molar-refractivity contribution is -0.161. The average Bonchev–Trinajstić information content (AvgIpc) is 3.38. The average molecular weight is 1040 g/mol. The number of carbonyl (C=O) groups is 2. The van der Waals surface area contributed by atoms with Crippen molar-refractivity contribution in [3.8, 4) is 0 Å². The van der Waals surface area contributed by atoms with Gasteiger partial charge >= 0.3 is 19.8 Å². The largest absolute Gasteiger partial charge is 0.472 e. The van der Waals surface area contributed by atoms with Gasteiger partial charge in [-0.2, -0.15) is 0 Å². The molecule has 0 aliphatic carbocycles. The highest BCUT2D eigenvalue weighted by molar-refractivity contribution is 7.47. The number of nitrogens with two attached hydrogens (primary N) is 1. The minimum absolute atomic E-state index is 0.0433. The highest BCUT2D eigenvalue weighted by atomic mass is 31.2. The van der Waals surface area contributed by atoms with Crippen LogP contribution in [0.2, 0.25) is 0 Å². The van der Waals surface area contributed by atoms with Crippen LogP contribution in [0, 0.1) is 0 Å². The van der Waals surface area contributed by atoms with Crippen LogP contribution in [0.4, 0.5) is 0 Å². The molecule has 0 fully saturated rings. The first-order valence-electron chi connectivity index (χ1n) is 29.7. The highest BCUT2D eigenvalue weighted by Gasteiger charge is 2.26. The minimum Gasteiger partial charge on any atom is -0.462 e. The Morgan fingerprint density at radius 2 is 0.753 bits per heavy atom. The summed E-state index contributed by atoms with van der Waals surface area (Å²) in [6.45, 7) is 3.60. The van der Waals surface area contributed by atoms with Crippen molar-refractivity contribution >= 4 is 19.8 Å². The normalized spacial score (nSPS) is 13.8. The number of unbranched alkanes of at least 4 members (excludes halogenated alkanes) is 26. The molecule has 2 unspecified atom stereocenters. The van der Waals surface area contributed by atoms with Crippen molar-refractivity contribution < 1.29 is 37.6 Å². The maximum atomic E-state index is 12.7. The molecule has 73 heavy (non-hydrogen) atoms. The summed E-state index contributed by atoms with van der Waals surface area (Å²) in [6.07, 6.45) is 77.5. The van der Waals surface area contributed by atoms with Crippen molar-refractivity contribution in [2.24, 2.45) is 5.73 Å². The smallest absolute Gasteiger partial charge is 0.462 e. The van der Waals surface area contributed by atoms with E-state index < -0.39 is 32.5 Å². The van der Waals surface area contributed by atoms with Crippen molar-refractivity contribution in [2.75, 3.05) is 26.4 Å². The lowest BCUT2D eigenvalue weighted by Crippen LogP contribution is -2.29. The Kier molecular flexibility index (Phi) is 55.7. The number of ether oxygens (including phenoxy) is 2. The molecule has 0 aromatic heterocycles. The number of phosphoric ester groups is 1. The van der Waals surface area contributed by atoms with E-state index >= 15 is 0 Å². The van der Waals surface area contributed by atoms with Gasteiger partial charge in [0, 0.05) is 19.4 Å². The zero-order valence-electron chi connectivity index (χ0n) is 46.8. The van der Waals surface area contributed by atoms with E-state index in [-0.39, 0.29) is 32.6 Å². The van der Waals surface area contributed by atoms with E-state index in [9.17, 15) is 19.0 Å². The third-order valence-electron chi connectivity index (χ3n) is 12.5. The van der Waals surface area contributed by atoms with Gasteiger partial charge in [0.2, 0.25) is 0 Å². The summed E-state index contributed by atoms with van der Waals surface area (Å²) in [5.74, 6) is -0.865. The molecule has 0 rings (SSSR count). The van der Waals surface area contributed by atoms with Crippen LogP contribution in [0.25, 0.3) is 0 Å². The number of rotatable bonds is 55. The van der Waals surface area contributed by atoms with Crippen molar-refractivity contribution in [2.45, 2.75) is 264 Å². The number of hydrogen-bond donors (Lipinski definition) is 2. The Bertz CT molecular complexity index is 1510. The van der Waals surface area contributed by atoms with Crippen molar-refractivity contribution in [1.82, 2.24) is 0 Å². The molecular formula is C63H110NO8P. The van der Waals surface area contributed by atoms with Crippen molar-refractivity contribution in [1.29, 1.82) is 0 Å². The molecule has 0 radical (unpaired) electrons. The van der Waals surface area contributed by atoms with E-state index in [2.05, 4.69) is 111 Å². The SMILES string of the molecule is CC/C=C\C/C=C\C/C=C\C/C=C\C/C=C\C/C=C\C/C=C\CCCCCC(=O)OC(COC(=O)CCCCCCCCCCCCCCCCC/C=C\CCCCCCCCCC)COP(=O)(O)OCCN. The summed E-state index contributed by atoms with van der Waals surface area (Å²) >= 11 is 0. The van der Waals surface area contributed by atoms with E-state index in [1.807, 2.05) is 0 Å². The Morgan fingerprint density at radius 1 is 0.425 bits per heavy atom. The van der Waals surface area contributed by atoms with Crippen LogP contribution >= 0.6 is 7.82 Å². The maximum Gasteiger partial charge on any atom is 0.472 e. The summed E-state index contributed by atoms with van der Waals surface area (Å²) in [5.41, 5.74) is 5.38. The van der Waals surface area contributed by atoms with Crippen LogP contribution in [0.5, 0.6) is 0 Å². The summed E-state index contributed by atoms with van der Waals surface area (Å²) in [4.78, 5) is 35.2. The van der Waals surface area contributed by atoms with Gasteiger partial charge in [-0.15, -0.1) is 0 Å². The molecule has 0 heterocycles. The second-order valence-electron chi connectivity index (χ2n) is 19.5. The fourth-order valence-corrected chi connectivity index (χ4v) is 8.85. The molecule has 0 aromatic rings. The third-order valence-corrected chi connectivity index (χ3v) is 13.4. The van der Waals surface area contributed by atoms with Gasteiger partial charge in [0.25, 0.3) is 0 Å². The van der Waals surface area contributed by atoms with Gasteiger partial charge < -0.3 is 20.1 Å². The molecule has 9 nitrogen and oxygen atoms in total. The van der Waals surface area contributed by atoms with Gasteiger partial charge in [-0.1, -0.05) is 246 Å². The standard InChI is InChI=1S/C63H110NO8P/c1-3-5-7-9-11-13-15-17-19-21-23-25-27-29-30-32-33-35-37-39-41-43-45-47-49-51-53-55-62(65)69-59-61(60-71-73(67,68)70-58-57-64)72-63(66)56-54-52-50-48-46-44-42-40-38-36-34-31-28-26-24-22-20-18-16-14-12-10-8-6-4-2/h6,8,12,14,18,20-21,23-24,26,31,34,38,40,44,46,61H,3-5,7,9-11,13,15-17,19,22,25,27-30,32-33,35-37,39,41-43,45,47-60,64H2,1-2H3,(H,67,68)/b8-6-,14-12-,20-18-,23-21-,26-24-,34-31-,40-38-,46-44-. The van der Waals surface area contributed by atoms with Crippen LogP contribution in [-0.2, 0) is 32.7 Å². The molecule has 0 spiro atoms. The van der Waals surface area contributed by atoms with Crippen LogP contribution in [-0.4, -0.2) is 49.3 Å². The quantitative estimate of drug-likeness (QED) is 0.0264. The molecule has 0 bridgehead atoms. The van der Waals surface area contributed by atoms with E-state index in [0.29, 0.717) is 6.42 Å². The number of allylic oxidation sites excluding steroid dienone is 16. The van der Waals surface area contributed by atoms with E-state index in [1.165, 1.54) is 141 Å². The first-order chi connectivity index (χ1) is 35.8. The van der Waals surface area contributed by atoms with Gasteiger partial charge in [-0.25, -0.2) is 4.57 Å². The second-order valence-corrected chi connectivity index (χ2v) is 20.9. The number of esters is 2. The monoisotopic (exact) mass is 1040 g/mol. The summed E-state index contributed by atoms with van der Waals surface area (Å²) in [6, 6.07) is 0. The lowest BCUT2D eigenvalue weighted by atomic mass is 10.0. The van der Waals surface area contributed by atoms with E-state index in [0.717, 1.165) is 83.5 Å². The first-order valence-corrected chi connectivity index (χ1v) is 31.2. The van der Waals surface area contributed by atoms with E-state index in [4.69, 9.17) is 24.3 Å². The molecule has 0 aromatic carbocycles. The Morgan fingerprint density at radius 3 is 1.15 bits per heavy atom. The topological polar surface area (TPSA) is 134 Å². The third kappa shape index (κ3) is 58.1. The molecule has 0 amide bonds. The van der Waals surface area contributed by atoms with Crippen molar-refractivity contribution in [3.05, 3.63) is 97.2 Å². The van der Waals surface area contributed by atoms with Gasteiger partial charge in [-0.3, -0.25) is 18.6 Å². The Labute approximate surface area is 448 Å². The Balaban J connectivity index is 4.04. The number of hydrogen-bond acceptors (Lipinski definition) is 8. The molecule has 0 aliphatic rings. The van der Waals surface area contributed by atoms with Gasteiger partial charge in [0.05, 0.1) is 13.2 Å². The zero-order valence-corrected chi connectivity index (χ0v) is 47.7. The number of phosphoric acid groups is 1. The van der Waals surface area contributed by atoms with Crippen LogP contribution < -0.4 is 5.73 Å². The van der Waals surface area contributed by atoms with Gasteiger partial charge in [-0.05, 0) is 96.3 Å². The molecule has 0 aliphatic heterocycles. The summed E-state index contributed by atoms with van der Waals surface area (Å²) in [5, 5.41) is 0. The second kappa shape index (κ2) is 58.2. The maximum absolute atomic E-state index is 12.7. The van der Waals surface area contributed by atoms with Gasteiger partial charge in [0.15, 0.2) is 6.10 Å². The molecule has 0 saturated carbocycles. The fraction of sp³-hybridized carbons (Fsp3) is 0.714. The zero-order chi connectivity index (χ0) is 53.1. The predicted octanol–water partition coefficient (Wildman–Crippen LogP) is 18.8. The van der Waals surface area contributed by atoms with Crippen LogP contribution in [0.15, 0.2) is 97.2 Å².